The maximum Gasteiger partial charge on any atom is 0.240 e. The molecule has 1 rings (SSSR count). The second-order valence-electron chi connectivity index (χ2n) is 4.48. The first-order valence-corrected chi connectivity index (χ1v) is 7.59. The van der Waals surface area contributed by atoms with Crippen molar-refractivity contribution < 1.29 is 13.5 Å². The van der Waals surface area contributed by atoms with E-state index in [1.165, 1.54) is 0 Å². The van der Waals surface area contributed by atoms with Crippen LogP contribution in [0.2, 0.25) is 0 Å². The van der Waals surface area contributed by atoms with Crippen LogP contribution in [-0.4, -0.2) is 26.2 Å². The van der Waals surface area contributed by atoms with Gasteiger partial charge in [0.15, 0.2) is 0 Å². The Hall–Kier alpha value is -0.910. The average molecular weight is 271 g/mol. The number of aliphatic hydroxyl groups excluding tert-OH is 1. The first-order valence-electron chi connectivity index (χ1n) is 6.11. The van der Waals surface area contributed by atoms with Crippen LogP contribution in [0.25, 0.3) is 0 Å². The molecule has 0 heterocycles. The van der Waals surface area contributed by atoms with Crippen molar-refractivity contribution in [2.45, 2.75) is 44.6 Å². The van der Waals surface area contributed by atoms with Gasteiger partial charge in [-0.25, -0.2) is 13.1 Å². The highest BCUT2D eigenvalue weighted by Crippen LogP contribution is 2.15. The summed E-state index contributed by atoms with van der Waals surface area (Å²) in [5.41, 5.74) is 2.02. The number of aryl methyl sites for hydroxylation is 2. The number of rotatable bonds is 6. The van der Waals surface area contributed by atoms with Crippen LogP contribution in [0.1, 0.15) is 30.9 Å². The monoisotopic (exact) mass is 271 g/mol. The van der Waals surface area contributed by atoms with Gasteiger partial charge in [-0.15, -0.1) is 0 Å². The van der Waals surface area contributed by atoms with Crippen LogP contribution in [0, 0.1) is 13.8 Å². The Bertz CT molecular complexity index is 497. The van der Waals surface area contributed by atoms with E-state index >= 15 is 0 Å². The highest BCUT2D eigenvalue weighted by molar-refractivity contribution is 7.89. The Morgan fingerprint density at radius 1 is 1.28 bits per heavy atom. The molecule has 18 heavy (non-hydrogen) atoms. The normalized spacial score (nSPS) is 13.6. The molecular formula is C13H21NO3S. The first kappa shape index (κ1) is 15.1. The summed E-state index contributed by atoms with van der Waals surface area (Å²) in [6.07, 6.45) is 1.09. The predicted molar refractivity (Wildman–Crippen MR) is 72.0 cm³/mol. The number of sulfonamides is 1. The van der Waals surface area contributed by atoms with Crippen LogP contribution < -0.4 is 4.72 Å². The van der Waals surface area contributed by atoms with Crippen LogP contribution in [0.3, 0.4) is 0 Å². The SMILES string of the molecule is CCC(CCO)NS(=O)(=O)c1ccc(C)c(C)c1. The molecule has 0 fully saturated rings. The smallest absolute Gasteiger partial charge is 0.240 e. The number of aliphatic hydroxyl groups is 1. The van der Waals surface area contributed by atoms with Gasteiger partial charge in [-0.05, 0) is 49.9 Å². The van der Waals surface area contributed by atoms with Crippen molar-refractivity contribution in [3.63, 3.8) is 0 Å². The number of hydrogen-bond donors (Lipinski definition) is 2. The summed E-state index contributed by atoms with van der Waals surface area (Å²) in [5.74, 6) is 0. The van der Waals surface area contributed by atoms with E-state index in [4.69, 9.17) is 5.11 Å². The summed E-state index contributed by atoms with van der Waals surface area (Å²) in [6, 6.07) is 4.86. The Balaban J connectivity index is 2.95. The Morgan fingerprint density at radius 3 is 2.44 bits per heavy atom. The topological polar surface area (TPSA) is 66.4 Å². The lowest BCUT2D eigenvalue weighted by atomic mass is 10.1. The maximum atomic E-state index is 12.1. The van der Waals surface area contributed by atoms with Crippen molar-refractivity contribution >= 4 is 10.0 Å². The molecule has 0 aliphatic rings. The fourth-order valence-electron chi connectivity index (χ4n) is 1.67. The van der Waals surface area contributed by atoms with Crippen LogP contribution in [0.4, 0.5) is 0 Å². The standard InChI is InChI=1S/C13H21NO3S/c1-4-12(7-8-15)14-18(16,17)13-6-5-10(2)11(3)9-13/h5-6,9,12,14-15H,4,7-8H2,1-3H3. The summed E-state index contributed by atoms with van der Waals surface area (Å²) in [5, 5.41) is 8.88. The summed E-state index contributed by atoms with van der Waals surface area (Å²) in [4.78, 5) is 0.280. The van der Waals surface area contributed by atoms with Gasteiger partial charge >= 0.3 is 0 Å². The lowest BCUT2D eigenvalue weighted by molar-refractivity contribution is 0.270. The number of benzene rings is 1. The lowest BCUT2D eigenvalue weighted by Crippen LogP contribution is -2.35. The molecule has 0 amide bonds. The molecule has 0 bridgehead atoms. The Morgan fingerprint density at radius 2 is 1.94 bits per heavy atom. The van der Waals surface area contributed by atoms with E-state index in [9.17, 15) is 8.42 Å². The average Bonchev–Trinajstić information content (AvgIpc) is 2.31. The fourth-order valence-corrected chi connectivity index (χ4v) is 3.11. The van der Waals surface area contributed by atoms with E-state index in [0.29, 0.717) is 12.8 Å². The molecule has 0 aliphatic carbocycles. The van der Waals surface area contributed by atoms with Gasteiger partial charge in [0.1, 0.15) is 0 Å². The molecule has 0 aliphatic heterocycles. The van der Waals surface area contributed by atoms with Crippen molar-refractivity contribution in [3.8, 4) is 0 Å². The van der Waals surface area contributed by atoms with E-state index in [0.717, 1.165) is 11.1 Å². The van der Waals surface area contributed by atoms with Crippen molar-refractivity contribution in [2.75, 3.05) is 6.61 Å². The van der Waals surface area contributed by atoms with Gasteiger partial charge in [-0.1, -0.05) is 13.0 Å². The summed E-state index contributed by atoms with van der Waals surface area (Å²) >= 11 is 0. The zero-order valence-electron chi connectivity index (χ0n) is 11.1. The molecule has 102 valence electrons. The third-order valence-electron chi connectivity index (χ3n) is 3.08. The zero-order valence-corrected chi connectivity index (χ0v) is 11.9. The zero-order chi connectivity index (χ0) is 13.8. The van der Waals surface area contributed by atoms with Crippen molar-refractivity contribution in [3.05, 3.63) is 29.3 Å². The molecule has 0 aromatic heterocycles. The van der Waals surface area contributed by atoms with Crippen LogP contribution in [-0.2, 0) is 10.0 Å². The minimum atomic E-state index is -3.49. The highest BCUT2D eigenvalue weighted by Gasteiger charge is 2.18. The quantitative estimate of drug-likeness (QED) is 0.828. The number of nitrogens with one attached hydrogen (secondary N) is 1. The molecule has 0 spiro atoms. The van der Waals surface area contributed by atoms with Crippen LogP contribution in [0.5, 0.6) is 0 Å². The van der Waals surface area contributed by atoms with Gasteiger partial charge in [0.05, 0.1) is 4.90 Å². The summed E-state index contributed by atoms with van der Waals surface area (Å²) < 4.78 is 26.9. The molecule has 0 saturated carbocycles. The van der Waals surface area contributed by atoms with E-state index < -0.39 is 10.0 Å². The van der Waals surface area contributed by atoms with Gasteiger partial charge in [-0.2, -0.15) is 0 Å². The van der Waals surface area contributed by atoms with Crippen molar-refractivity contribution in [1.82, 2.24) is 4.72 Å². The predicted octanol–water partition coefficient (Wildman–Crippen LogP) is 1.74. The minimum absolute atomic E-state index is 0.0199. The van der Waals surface area contributed by atoms with Gasteiger partial charge in [0.2, 0.25) is 10.0 Å². The number of hydrogen-bond acceptors (Lipinski definition) is 3. The van der Waals surface area contributed by atoms with Crippen molar-refractivity contribution in [1.29, 1.82) is 0 Å². The van der Waals surface area contributed by atoms with Crippen molar-refractivity contribution in [2.24, 2.45) is 0 Å². The molecule has 0 radical (unpaired) electrons. The minimum Gasteiger partial charge on any atom is -0.396 e. The summed E-state index contributed by atoms with van der Waals surface area (Å²) in [7, 11) is -3.49. The molecule has 1 aromatic rings. The first-order chi connectivity index (χ1) is 8.40. The molecule has 5 heteroatoms. The van der Waals surface area contributed by atoms with E-state index in [2.05, 4.69) is 4.72 Å². The molecule has 4 nitrogen and oxygen atoms in total. The molecular weight excluding hydrogens is 250 g/mol. The third-order valence-corrected chi connectivity index (χ3v) is 4.60. The maximum absolute atomic E-state index is 12.1. The largest absolute Gasteiger partial charge is 0.396 e. The molecule has 1 atom stereocenters. The van der Waals surface area contributed by atoms with Crippen LogP contribution >= 0.6 is 0 Å². The van der Waals surface area contributed by atoms with Crippen LogP contribution in [0.15, 0.2) is 23.1 Å². The van der Waals surface area contributed by atoms with E-state index in [-0.39, 0.29) is 17.5 Å². The van der Waals surface area contributed by atoms with Gasteiger partial charge in [-0.3, -0.25) is 0 Å². The van der Waals surface area contributed by atoms with E-state index in [1.54, 1.807) is 18.2 Å². The fraction of sp³-hybridized carbons (Fsp3) is 0.538. The highest BCUT2D eigenvalue weighted by atomic mass is 32.2. The van der Waals surface area contributed by atoms with E-state index in [1.807, 2.05) is 20.8 Å². The second kappa shape index (κ2) is 6.31. The Labute approximate surface area is 109 Å². The third kappa shape index (κ3) is 3.80. The van der Waals surface area contributed by atoms with Gasteiger partial charge in [0.25, 0.3) is 0 Å². The second-order valence-corrected chi connectivity index (χ2v) is 6.20. The molecule has 0 saturated heterocycles. The van der Waals surface area contributed by atoms with Gasteiger partial charge < -0.3 is 5.11 Å². The molecule has 2 N–H and O–H groups in total. The lowest BCUT2D eigenvalue weighted by Gasteiger charge is -2.16. The van der Waals surface area contributed by atoms with Gasteiger partial charge in [0, 0.05) is 12.6 Å². The molecule has 1 aromatic carbocycles. The summed E-state index contributed by atoms with van der Waals surface area (Å²) in [6.45, 7) is 5.70. The molecule has 1 unspecified atom stereocenters. The Kier molecular flexibility index (Phi) is 5.31.